The first-order valence-corrected chi connectivity index (χ1v) is 8.99. The Balaban J connectivity index is 1.77. The fraction of sp³-hybridized carbons (Fsp3) is 0.286. The van der Waals surface area contributed by atoms with Crippen molar-refractivity contribution < 1.29 is 4.74 Å². The number of aromatic nitrogens is 3. The topological polar surface area (TPSA) is 89.0 Å². The van der Waals surface area contributed by atoms with Crippen molar-refractivity contribution >= 4 is 5.95 Å². The molecule has 7 nitrogen and oxygen atoms in total. The number of aromatic amines is 1. The van der Waals surface area contributed by atoms with Gasteiger partial charge in [-0.15, -0.1) is 0 Å². The van der Waals surface area contributed by atoms with Gasteiger partial charge in [0, 0.05) is 6.54 Å². The van der Waals surface area contributed by atoms with Crippen LogP contribution in [0.15, 0.2) is 58.1 Å². The number of nitrogens with zero attached hydrogens (tertiary/aromatic N) is 2. The van der Waals surface area contributed by atoms with E-state index < -0.39 is 11.4 Å². The fourth-order valence-electron chi connectivity index (χ4n) is 2.77. The van der Waals surface area contributed by atoms with Crippen molar-refractivity contribution in [3.63, 3.8) is 0 Å². The molecule has 3 rings (SSSR count). The molecule has 0 aliphatic rings. The lowest BCUT2D eigenvalue weighted by Crippen LogP contribution is -2.36. The van der Waals surface area contributed by atoms with Crippen molar-refractivity contribution in [2.45, 2.75) is 32.7 Å². The molecule has 3 aromatic rings. The van der Waals surface area contributed by atoms with Crippen LogP contribution in [0.4, 0.5) is 5.95 Å². The number of rotatable bonds is 5. The van der Waals surface area contributed by atoms with E-state index in [4.69, 9.17) is 4.74 Å². The summed E-state index contributed by atoms with van der Waals surface area (Å²) in [6.45, 7) is 6.92. The molecule has 0 unspecified atom stereocenters. The zero-order valence-corrected chi connectivity index (χ0v) is 16.4. The third kappa shape index (κ3) is 4.31. The van der Waals surface area contributed by atoms with E-state index in [9.17, 15) is 9.59 Å². The second-order valence-corrected chi connectivity index (χ2v) is 7.51. The third-order valence-electron chi connectivity index (χ3n) is 4.44. The van der Waals surface area contributed by atoms with Crippen molar-refractivity contribution in [1.82, 2.24) is 14.5 Å². The van der Waals surface area contributed by atoms with E-state index in [1.165, 1.54) is 5.56 Å². The van der Waals surface area contributed by atoms with Crippen LogP contribution >= 0.6 is 0 Å². The highest BCUT2D eigenvalue weighted by atomic mass is 16.5. The Labute approximate surface area is 163 Å². The lowest BCUT2D eigenvalue weighted by Gasteiger charge is -2.19. The molecule has 7 heteroatoms. The highest BCUT2D eigenvalue weighted by Gasteiger charge is 2.13. The molecule has 0 saturated carbocycles. The molecule has 0 aliphatic heterocycles. The van der Waals surface area contributed by atoms with E-state index in [0.29, 0.717) is 18.0 Å². The number of anilines is 1. The predicted molar refractivity (Wildman–Crippen MR) is 109 cm³/mol. The maximum absolute atomic E-state index is 12.4. The van der Waals surface area contributed by atoms with E-state index in [1.54, 1.807) is 31.4 Å². The van der Waals surface area contributed by atoms with Crippen molar-refractivity contribution in [2.24, 2.45) is 0 Å². The van der Waals surface area contributed by atoms with Crippen molar-refractivity contribution in [3.05, 3.63) is 80.6 Å². The number of H-pyrrole nitrogens is 1. The molecule has 0 fully saturated rings. The van der Waals surface area contributed by atoms with Gasteiger partial charge in [0.2, 0.25) is 5.95 Å². The number of nitrogens with one attached hydrogen (secondary N) is 2. The van der Waals surface area contributed by atoms with Gasteiger partial charge in [-0.3, -0.25) is 4.98 Å². The highest BCUT2D eigenvalue weighted by molar-refractivity contribution is 5.38. The molecule has 0 atom stereocenters. The van der Waals surface area contributed by atoms with Gasteiger partial charge in [0.25, 0.3) is 0 Å². The molecule has 0 saturated heterocycles. The van der Waals surface area contributed by atoms with Crippen LogP contribution in [-0.2, 0) is 12.0 Å². The van der Waals surface area contributed by atoms with Crippen molar-refractivity contribution in [1.29, 1.82) is 0 Å². The maximum atomic E-state index is 12.4. The summed E-state index contributed by atoms with van der Waals surface area (Å²) in [6.07, 6.45) is 0. The Morgan fingerprint density at radius 2 is 1.68 bits per heavy atom. The molecule has 1 heterocycles. The molecule has 0 aliphatic carbocycles. The van der Waals surface area contributed by atoms with Gasteiger partial charge in [-0.1, -0.05) is 45.0 Å². The molecular weight excluding hydrogens is 356 g/mol. The summed E-state index contributed by atoms with van der Waals surface area (Å²) in [5.41, 5.74) is 1.56. The number of methoxy groups -OCH3 is 1. The summed E-state index contributed by atoms with van der Waals surface area (Å²) < 4.78 is 6.06. The van der Waals surface area contributed by atoms with Gasteiger partial charge in [0.15, 0.2) is 0 Å². The first-order valence-electron chi connectivity index (χ1n) is 8.99. The van der Waals surface area contributed by atoms with Gasteiger partial charge in [0.1, 0.15) is 5.75 Å². The Morgan fingerprint density at radius 1 is 1.04 bits per heavy atom. The lowest BCUT2D eigenvalue weighted by molar-refractivity contribution is 0.414. The predicted octanol–water partition coefficient (Wildman–Crippen LogP) is 2.84. The molecular formula is C21H24N4O3. The summed E-state index contributed by atoms with van der Waals surface area (Å²) >= 11 is 0. The van der Waals surface area contributed by atoms with E-state index in [1.807, 2.05) is 12.1 Å². The molecule has 0 amide bonds. The standard InChI is InChI=1S/C21H24N4O3/c1-21(2,3)15-7-5-14(6-8-15)13-22-18-23-19(26)25(20(27)24-18)16-9-11-17(28-4)12-10-16/h5-12H,13H2,1-4H3,(H2,22,23,24,26,27). The molecule has 0 spiro atoms. The zero-order chi connectivity index (χ0) is 20.3. The van der Waals surface area contributed by atoms with Crippen molar-refractivity contribution in [3.8, 4) is 11.4 Å². The molecule has 28 heavy (non-hydrogen) atoms. The summed E-state index contributed by atoms with van der Waals surface area (Å²) in [5, 5.41) is 3.00. The zero-order valence-electron chi connectivity index (χ0n) is 16.4. The van der Waals surface area contributed by atoms with Gasteiger partial charge in [-0.2, -0.15) is 4.98 Å². The number of benzene rings is 2. The van der Waals surface area contributed by atoms with Crippen LogP contribution in [0.1, 0.15) is 31.9 Å². The summed E-state index contributed by atoms with van der Waals surface area (Å²) in [4.78, 5) is 31.3. The summed E-state index contributed by atoms with van der Waals surface area (Å²) in [7, 11) is 1.55. The van der Waals surface area contributed by atoms with Crippen LogP contribution in [0.5, 0.6) is 5.75 Å². The largest absolute Gasteiger partial charge is 0.497 e. The van der Waals surface area contributed by atoms with Crippen LogP contribution in [0, 0.1) is 0 Å². The maximum Gasteiger partial charge on any atom is 0.359 e. The number of hydrogen-bond acceptors (Lipinski definition) is 5. The molecule has 0 radical (unpaired) electrons. The molecule has 0 bridgehead atoms. The summed E-state index contributed by atoms with van der Waals surface area (Å²) in [6, 6.07) is 14.8. The van der Waals surface area contributed by atoms with Gasteiger partial charge in [-0.25, -0.2) is 14.2 Å². The third-order valence-corrected chi connectivity index (χ3v) is 4.44. The Kier molecular flexibility index (Phi) is 5.35. The van der Waals surface area contributed by atoms with E-state index in [0.717, 1.165) is 10.1 Å². The average Bonchev–Trinajstić information content (AvgIpc) is 2.66. The summed E-state index contributed by atoms with van der Waals surface area (Å²) in [5.74, 6) is 0.775. The minimum Gasteiger partial charge on any atom is -0.497 e. The molecule has 2 N–H and O–H groups in total. The molecule has 146 valence electrons. The Morgan fingerprint density at radius 3 is 2.21 bits per heavy atom. The first kappa shape index (κ1) is 19.4. The van der Waals surface area contributed by atoms with Gasteiger partial charge in [0.05, 0.1) is 12.8 Å². The van der Waals surface area contributed by atoms with Crippen LogP contribution in [-0.4, -0.2) is 21.6 Å². The normalized spacial score (nSPS) is 11.3. The van der Waals surface area contributed by atoms with Crippen LogP contribution < -0.4 is 21.4 Å². The fourth-order valence-corrected chi connectivity index (χ4v) is 2.77. The van der Waals surface area contributed by atoms with Crippen molar-refractivity contribution in [2.75, 3.05) is 12.4 Å². The first-order chi connectivity index (χ1) is 13.3. The minimum absolute atomic E-state index is 0.0880. The Hall–Kier alpha value is -3.35. The van der Waals surface area contributed by atoms with E-state index in [2.05, 4.69) is 48.2 Å². The van der Waals surface area contributed by atoms with Gasteiger partial charge < -0.3 is 10.1 Å². The SMILES string of the molecule is COc1ccc(-n2c(=O)nc(NCc3ccc(C(C)(C)C)cc3)[nH]c2=O)cc1. The highest BCUT2D eigenvalue weighted by Crippen LogP contribution is 2.22. The minimum atomic E-state index is -0.653. The van der Waals surface area contributed by atoms with E-state index >= 15 is 0 Å². The smallest absolute Gasteiger partial charge is 0.359 e. The van der Waals surface area contributed by atoms with Crippen LogP contribution in [0.3, 0.4) is 0 Å². The Bertz CT molecular complexity index is 1030. The van der Waals surface area contributed by atoms with Gasteiger partial charge in [-0.05, 0) is 40.8 Å². The number of hydrogen-bond donors (Lipinski definition) is 2. The quantitative estimate of drug-likeness (QED) is 0.710. The van der Waals surface area contributed by atoms with Crippen LogP contribution in [0.2, 0.25) is 0 Å². The lowest BCUT2D eigenvalue weighted by atomic mass is 9.87. The van der Waals surface area contributed by atoms with Gasteiger partial charge >= 0.3 is 11.4 Å². The average molecular weight is 380 g/mol. The molecule has 1 aromatic heterocycles. The monoisotopic (exact) mass is 380 g/mol. The van der Waals surface area contributed by atoms with Crippen LogP contribution in [0.25, 0.3) is 5.69 Å². The second kappa shape index (κ2) is 7.72. The van der Waals surface area contributed by atoms with E-state index in [-0.39, 0.29) is 11.4 Å². The number of ether oxygens (including phenoxy) is 1. The molecule has 2 aromatic carbocycles. The second-order valence-electron chi connectivity index (χ2n) is 7.51.